The summed E-state index contributed by atoms with van der Waals surface area (Å²) in [5.74, 6) is -0.271. The molecule has 0 aliphatic heterocycles. The van der Waals surface area contributed by atoms with Gasteiger partial charge in [0.25, 0.3) is 0 Å². The Hall–Kier alpha value is -1.95. The van der Waals surface area contributed by atoms with E-state index < -0.39 is 0 Å². The molecule has 2 heterocycles. The second-order valence-electron chi connectivity index (χ2n) is 5.95. The maximum Gasteiger partial charge on any atom is 0.125 e. The van der Waals surface area contributed by atoms with Gasteiger partial charge < -0.3 is 5.32 Å². The van der Waals surface area contributed by atoms with Gasteiger partial charge in [-0.2, -0.15) is 5.10 Å². The van der Waals surface area contributed by atoms with Gasteiger partial charge in [0, 0.05) is 41.0 Å². The number of fused-ring (bicyclic) bond motifs is 1. The zero-order valence-corrected chi connectivity index (χ0v) is 15.6. The number of nitrogens with one attached hydrogen (secondary N) is 1. The molecule has 0 aliphatic carbocycles. The third-order valence-corrected chi connectivity index (χ3v) is 4.95. The molecular formula is C18H20BrFN4. The van der Waals surface area contributed by atoms with Gasteiger partial charge in [-0.1, -0.05) is 0 Å². The molecule has 0 radical (unpaired) electrons. The van der Waals surface area contributed by atoms with E-state index in [1.165, 1.54) is 23.4 Å². The second-order valence-corrected chi connectivity index (χ2v) is 6.80. The minimum Gasteiger partial charge on any atom is -0.384 e. The lowest BCUT2D eigenvalue weighted by Gasteiger charge is -2.10. The first-order valence-corrected chi connectivity index (χ1v) is 8.73. The molecule has 6 heteroatoms. The second kappa shape index (κ2) is 6.89. The zero-order valence-electron chi connectivity index (χ0n) is 14.0. The predicted octanol–water partition coefficient (Wildman–Crippen LogP) is 4.53. The molecule has 0 amide bonds. The third kappa shape index (κ3) is 3.29. The fraction of sp³-hybridized carbons (Fsp3) is 0.333. The molecule has 126 valence electrons. The molecule has 1 aromatic carbocycles. The SMILES string of the molecule is Cc1nn(C)c(C)c1CCCNc1ccnc2c(Br)cc(F)cc12. The molecule has 0 saturated heterocycles. The van der Waals surface area contributed by atoms with Crippen LogP contribution in [0.1, 0.15) is 23.4 Å². The van der Waals surface area contributed by atoms with Gasteiger partial charge in [0.05, 0.1) is 11.2 Å². The van der Waals surface area contributed by atoms with Crippen LogP contribution in [0.5, 0.6) is 0 Å². The first kappa shape index (κ1) is 16.9. The Balaban J connectivity index is 1.70. The third-order valence-electron chi connectivity index (χ3n) is 4.34. The number of aryl methyl sites for hydroxylation is 2. The number of hydrogen-bond donors (Lipinski definition) is 1. The van der Waals surface area contributed by atoms with Crippen LogP contribution in [0, 0.1) is 19.7 Å². The van der Waals surface area contributed by atoms with Crippen LogP contribution in [0.3, 0.4) is 0 Å². The molecule has 0 saturated carbocycles. The van der Waals surface area contributed by atoms with Crippen LogP contribution < -0.4 is 5.32 Å². The van der Waals surface area contributed by atoms with Gasteiger partial charge in [0.1, 0.15) is 5.82 Å². The largest absolute Gasteiger partial charge is 0.384 e. The van der Waals surface area contributed by atoms with Crippen molar-refractivity contribution in [1.82, 2.24) is 14.8 Å². The van der Waals surface area contributed by atoms with E-state index in [1.807, 2.05) is 24.7 Å². The molecule has 0 fully saturated rings. The monoisotopic (exact) mass is 390 g/mol. The highest BCUT2D eigenvalue weighted by Gasteiger charge is 2.10. The lowest BCUT2D eigenvalue weighted by Crippen LogP contribution is -2.05. The Morgan fingerprint density at radius 1 is 1.29 bits per heavy atom. The maximum absolute atomic E-state index is 13.7. The maximum atomic E-state index is 13.7. The summed E-state index contributed by atoms with van der Waals surface area (Å²) in [6.45, 7) is 4.95. The summed E-state index contributed by atoms with van der Waals surface area (Å²) in [6, 6.07) is 4.84. The number of nitrogens with zero attached hydrogens (tertiary/aromatic N) is 3. The number of anilines is 1. The van der Waals surface area contributed by atoms with Crippen molar-refractivity contribution in [3.8, 4) is 0 Å². The number of hydrogen-bond acceptors (Lipinski definition) is 3. The van der Waals surface area contributed by atoms with Crippen LogP contribution >= 0.6 is 15.9 Å². The Kier molecular flexibility index (Phi) is 4.85. The lowest BCUT2D eigenvalue weighted by atomic mass is 10.1. The first-order valence-electron chi connectivity index (χ1n) is 7.94. The van der Waals surface area contributed by atoms with Crippen molar-refractivity contribution in [3.63, 3.8) is 0 Å². The van der Waals surface area contributed by atoms with Crippen LogP contribution in [-0.2, 0) is 13.5 Å². The van der Waals surface area contributed by atoms with Crippen LogP contribution in [0.4, 0.5) is 10.1 Å². The van der Waals surface area contributed by atoms with Gasteiger partial charge in [-0.15, -0.1) is 0 Å². The fourth-order valence-electron chi connectivity index (χ4n) is 3.00. The number of halogens is 2. The van der Waals surface area contributed by atoms with Crippen molar-refractivity contribution < 1.29 is 4.39 Å². The van der Waals surface area contributed by atoms with E-state index >= 15 is 0 Å². The van der Waals surface area contributed by atoms with Crippen LogP contribution in [0.2, 0.25) is 0 Å². The van der Waals surface area contributed by atoms with Crippen molar-refractivity contribution in [2.45, 2.75) is 26.7 Å². The highest BCUT2D eigenvalue weighted by Crippen LogP contribution is 2.28. The molecule has 3 rings (SSSR count). The number of rotatable bonds is 5. The molecule has 0 spiro atoms. The van der Waals surface area contributed by atoms with Gasteiger partial charge in [0.15, 0.2) is 0 Å². The lowest BCUT2D eigenvalue weighted by molar-refractivity contribution is 0.629. The normalized spacial score (nSPS) is 11.2. The molecule has 0 bridgehead atoms. The first-order chi connectivity index (χ1) is 11.5. The van der Waals surface area contributed by atoms with Crippen molar-refractivity contribution in [3.05, 3.63) is 51.6 Å². The summed E-state index contributed by atoms with van der Waals surface area (Å²) >= 11 is 3.37. The molecule has 0 atom stereocenters. The fourth-order valence-corrected chi connectivity index (χ4v) is 3.53. The van der Waals surface area contributed by atoms with E-state index in [0.717, 1.165) is 41.7 Å². The predicted molar refractivity (Wildman–Crippen MR) is 98.9 cm³/mol. The summed E-state index contributed by atoms with van der Waals surface area (Å²) in [6.07, 6.45) is 3.69. The number of aromatic nitrogens is 3. The molecule has 3 aromatic rings. The minimum atomic E-state index is -0.271. The standard InChI is InChI=1S/C18H20BrFN4/c1-11-14(12(2)24(3)23-11)5-4-7-21-17-6-8-22-18-15(17)9-13(20)10-16(18)19/h6,8-10H,4-5,7H2,1-3H3,(H,21,22). The Morgan fingerprint density at radius 3 is 2.79 bits per heavy atom. The quantitative estimate of drug-likeness (QED) is 0.650. The van der Waals surface area contributed by atoms with Crippen molar-refractivity contribution in [1.29, 1.82) is 0 Å². The van der Waals surface area contributed by atoms with E-state index in [1.54, 1.807) is 6.20 Å². The molecular weight excluding hydrogens is 371 g/mol. The van der Waals surface area contributed by atoms with E-state index in [-0.39, 0.29) is 5.82 Å². The van der Waals surface area contributed by atoms with E-state index in [4.69, 9.17) is 0 Å². The Bertz CT molecular complexity index is 888. The van der Waals surface area contributed by atoms with Crippen LogP contribution in [-0.4, -0.2) is 21.3 Å². The number of pyridine rings is 1. The summed E-state index contributed by atoms with van der Waals surface area (Å²) in [4.78, 5) is 4.32. The average Bonchev–Trinajstić information content (AvgIpc) is 2.77. The molecule has 0 aliphatic rings. The smallest absolute Gasteiger partial charge is 0.125 e. The van der Waals surface area contributed by atoms with Gasteiger partial charge in [0.2, 0.25) is 0 Å². The van der Waals surface area contributed by atoms with Gasteiger partial charge in [-0.25, -0.2) is 4.39 Å². The highest BCUT2D eigenvalue weighted by molar-refractivity contribution is 9.10. The molecule has 1 N–H and O–H groups in total. The molecule has 2 aromatic heterocycles. The highest BCUT2D eigenvalue weighted by atomic mass is 79.9. The average molecular weight is 391 g/mol. The molecule has 0 unspecified atom stereocenters. The summed E-state index contributed by atoms with van der Waals surface area (Å²) < 4.78 is 16.3. The summed E-state index contributed by atoms with van der Waals surface area (Å²) in [5, 5.41) is 8.64. The number of benzene rings is 1. The Morgan fingerprint density at radius 2 is 2.08 bits per heavy atom. The van der Waals surface area contributed by atoms with Crippen LogP contribution in [0.15, 0.2) is 28.9 Å². The van der Waals surface area contributed by atoms with Gasteiger partial charge >= 0.3 is 0 Å². The van der Waals surface area contributed by atoms with Gasteiger partial charge in [-0.3, -0.25) is 9.67 Å². The summed E-state index contributed by atoms with van der Waals surface area (Å²) in [7, 11) is 1.97. The van der Waals surface area contributed by atoms with E-state index in [0.29, 0.717) is 4.47 Å². The van der Waals surface area contributed by atoms with Crippen molar-refractivity contribution in [2.75, 3.05) is 11.9 Å². The van der Waals surface area contributed by atoms with E-state index in [9.17, 15) is 4.39 Å². The zero-order chi connectivity index (χ0) is 17.3. The van der Waals surface area contributed by atoms with Crippen molar-refractivity contribution >= 4 is 32.5 Å². The van der Waals surface area contributed by atoms with Crippen molar-refractivity contribution in [2.24, 2.45) is 7.05 Å². The van der Waals surface area contributed by atoms with Gasteiger partial charge in [-0.05, 0) is 66.4 Å². The van der Waals surface area contributed by atoms with Crippen LogP contribution in [0.25, 0.3) is 10.9 Å². The van der Waals surface area contributed by atoms with E-state index in [2.05, 4.69) is 38.3 Å². The minimum absolute atomic E-state index is 0.271. The molecule has 4 nitrogen and oxygen atoms in total. The topological polar surface area (TPSA) is 42.7 Å². The summed E-state index contributed by atoms with van der Waals surface area (Å²) in [5.41, 5.74) is 5.29. The Labute approximate surface area is 149 Å². The molecule has 24 heavy (non-hydrogen) atoms.